The zero-order chi connectivity index (χ0) is 19.9. The van der Waals surface area contributed by atoms with Crippen LogP contribution < -0.4 is 11.1 Å². The molecular weight excluding hydrogens is 356 g/mol. The first-order chi connectivity index (χ1) is 13.5. The molecule has 0 unspecified atom stereocenters. The van der Waals surface area contributed by atoms with Gasteiger partial charge in [-0.15, -0.1) is 0 Å². The van der Waals surface area contributed by atoms with Crippen molar-refractivity contribution in [3.8, 4) is 0 Å². The van der Waals surface area contributed by atoms with Crippen molar-refractivity contribution < 1.29 is 14.4 Å². The van der Waals surface area contributed by atoms with Gasteiger partial charge in [0.15, 0.2) is 0 Å². The summed E-state index contributed by atoms with van der Waals surface area (Å²) in [6.07, 6.45) is 4.55. The van der Waals surface area contributed by atoms with Crippen LogP contribution in [0, 0.1) is 5.92 Å². The van der Waals surface area contributed by atoms with Gasteiger partial charge in [-0.05, 0) is 30.5 Å². The lowest BCUT2D eigenvalue weighted by Crippen LogP contribution is -2.52. The highest BCUT2D eigenvalue weighted by Crippen LogP contribution is 2.18. The number of likely N-dealkylation sites (tertiary alicyclic amines) is 1. The second kappa shape index (κ2) is 9.12. The van der Waals surface area contributed by atoms with E-state index in [9.17, 15) is 14.4 Å². The molecule has 0 aliphatic carbocycles. The molecule has 0 saturated carbocycles. The van der Waals surface area contributed by atoms with Crippen molar-refractivity contribution in [3.05, 3.63) is 66.0 Å². The average molecular weight is 380 g/mol. The molecule has 0 bridgehead atoms. The van der Waals surface area contributed by atoms with Crippen LogP contribution in [0.2, 0.25) is 0 Å². The lowest BCUT2D eigenvalue weighted by atomic mass is 9.95. The van der Waals surface area contributed by atoms with E-state index in [2.05, 4.69) is 10.3 Å². The summed E-state index contributed by atoms with van der Waals surface area (Å²) in [5, 5.41) is 2.85. The maximum absolute atomic E-state index is 13.1. The fourth-order valence-corrected chi connectivity index (χ4v) is 3.39. The molecule has 1 saturated heterocycles. The number of benzene rings is 1. The number of pyridine rings is 1. The maximum Gasteiger partial charge on any atom is 0.253 e. The highest BCUT2D eigenvalue weighted by Gasteiger charge is 2.31. The van der Waals surface area contributed by atoms with Gasteiger partial charge in [0.05, 0.1) is 5.56 Å². The fourth-order valence-electron chi connectivity index (χ4n) is 3.39. The molecule has 2 heterocycles. The van der Waals surface area contributed by atoms with Gasteiger partial charge in [0.1, 0.15) is 6.04 Å². The number of hydrogen-bond acceptors (Lipinski definition) is 4. The predicted molar refractivity (Wildman–Crippen MR) is 104 cm³/mol. The molecule has 1 aliphatic heterocycles. The van der Waals surface area contributed by atoms with Gasteiger partial charge in [-0.3, -0.25) is 19.4 Å². The Bertz CT molecular complexity index is 818. The van der Waals surface area contributed by atoms with Gasteiger partial charge in [0.2, 0.25) is 11.8 Å². The van der Waals surface area contributed by atoms with E-state index in [0.717, 1.165) is 5.56 Å². The smallest absolute Gasteiger partial charge is 0.253 e. The number of nitrogens with one attached hydrogen (secondary N) is 1. The lowest BCUT2D eigenvalue weighted by Gasteiger charge is -2.33. The van der Waals surface area contributed by atoms with Crippen molar-refractivity contribution in [1.82, 2.24) is 15.2 Å². The molecule has 1 aromatic heterocycles. The summed E-state index contributed by atoms with van der Waals surface area (Å²) in [5.74, 6) is -1.00. The first-order valence-corrected chi connectivity index (χ1v) is 9.37. The van der Waals surface area contributed by atoms with Crippen LogP contribution in [0.1, 0.15) is 28.8 Å². The van der Waals surface area contributed by atoms with Crippen molar-refractivity contribution in [1.29, 1.82) is 0 Å². The molecule has 1 aromatic carbocycles. The minimum absolute atomic E-state index is 0.149. The Balaban J connectivity index is 1.73. The third-order valence-corrected chi connectivity index (χ3v) is 5.02. The Morgan fingerprint density at radius 1 is 1.11 bits per heavy atom. The minimum atomic E-state index is -0.694. The molecule has 1 fully saturated rings. The summed E-state index contributed by atoms with van der Waals surface area (Å²) < 4.78 is 0. The Morgan fingerprint density at radius 2 is 1.82 bits per heavy atom. The summed E-state index contributed by atoms with van der Waals surface area (Å²) >= 11 is 0. The normalized spacial score (nSPS) is 15.6. The van der Waals surface area contributed by atoms with Gasteiger partial charge < -0.3 is 16.0 Å². The Kier molecular flexibility index (Phi) is 6.37. The third kappa shape index (κ3) is 4.94. The van der Waals surface area contributed by atoms with E-state index in [4.69, 9.17) is 5.73 Å². The first-order valence-electron chi connectivity index (χ1n) is 9.37. The van der Waals surface area contributed by atoms with Crippen molar-refractivity contribution in [2.24, 2.45) is 11.7 Å². The number of primary amides is 1. The molecule has 3 amide bonds. The van der Waals surface area contributed by atoms with Gasteiger partial charge in [0, 0.05) is 37.8 Å². The highest BCUT2D eigenvalue weighted by molar-refractivity contribution is 5.97. The Labute approximate surface area is 163 Å². The van der Waals surface area contributed by atoms with Crippen LogP contribution in [-0.2, 0) is 16.0 Å². The highest BCUT2D eigenvalue weighted by atomic mass is 16.2. The van der Waals surface area contributed by atoms with E-state index in [0.29, 0.717) is 37.9 Å². The van der Waals surface area contributed by atoms with Gasteiger partial charge in [-0.1, -0.05) is 30.3 Å². The number of hydrogen-bond donors (Lipinski definition) is 2. The molecule has 28 heavy (non-hydrogen) atoms. The van der Waals surface area contributed by atoms with Crippen molar-refractivity contribution in [2.75, 3.05) is 13.1 Å². The van der Waals surface area contributed by atoms with Crippen LogP contribution >= 0.6 is 0 Å². The van der Waals surface area contributed by atoms with Gasteiger partial charge in [-0.25, -0.2) is 0 Å². The molecule has 3 rings (SSSR count). The number of piperidine rings is 1. The first kappa shape index (κ1) is 19.5. The Morgan fingerprint density at radius 3 is 2.43 bits per heavy atom. The van der Waals surface area contributed by atoms with Crippen LogP contribution in [0.4, 0.5) is 0 Å². The van der Waals surface area contributed by atoms with Crippen molar-refractivity contribution in [3.63, 3.8) is 0 Å². The number of amides is 3. The third-order valence-electron chi connectivity index (χ3n) is 5.02. The van der Waals surface area contributed by atoms with E-state index >= 15 is 0 Å². The van der Waals surface area contributed by atoms with Crippen molar-refractivity contribution >= 4 is 17.7 Å². The Hall–Kier alpha value is -3.22. The number of nitrogens with two attached hydrogens (primary N) is 1. The zero-order valence-corrected chi connectivity index (χ0v) is 15.6. The molecule has 7 heteroatoms. The standard InChI is InChI=1S/C21H24N4O3/c22-19(26)16-8-11-25(12-9-16)21(28)18(13-15-5-2-1-3-6-15)24-20(27)17-7-4-10-23-14-17/h1-7,10,14,16,18H,8-9,11-13H2,(H2,22,26)(H,24,27)/t18-/m0/s1. The van der Waals surface area contributed by atoms with Crippen molar-refractivity contribution in [2.45, 2.75) is 25.3 Å². The maximum atomic E-state index is 13.1. The summed E-state index contributed by atoms with van der Waals surface area (Å²) in [7, 11) is 0. The topological polar surface area (TPSA) is 105 Å². The summed E-state index contributed by atoms with van der Waals surface area (Å²) in [5.41, 5.74) is 6.74. The zero-order valence-electron chi connectivity index (χ0n) is 15.6. The number of aromatic nitrogens is 1. The van der Waals surface area contributed by atoms with Crippen LogP contribution in [0.3, 0.4) is 0 Å². The van der Waals surface area contributed by atoms with E-state index in [1.165, 1.54) is 6.20 Å². The number of rotatable bonds is 6. The fraction of sp³-hybridized carbons (Fsp3) is 0.333. The largest absolute Gasteiger partial charge is 0.369 e. The molecule has 146 valence electrons. The molecule has 1 aliphatic rings. The monoisotopic (exact) mass is 380 g/mol. The molecule has 2 aromatic rings. The molecule has 7 nitrogen and oxygen atoms in total. The summed E-state index contributed by atoms with van der Waals surface area (Å²) in [6, 6.07) is 12.2. The van der Waals surface area contributed by atoms with E-state index in [1.807, 2.05) is 30.3 Å². The van der Waals surface area contributed by atoms with E-state index < -0.39 is 6.04 Å². The van der Waals surface area contributed by atoms with Crippen LogP contribution in [0.25, 0.3) is 0 Å². The minimum Gasteiger partial charge on any atom is -0.369 e. The molecular formula is C21H24N4O3. The average Bonchev–Trinajstić information content (AvgIpc) is 2.74. The number of carbonyl (C=O) groups excluding carboxylic acids is 3. The van der Waals surface area contributed by atoms with Crippen LogP contribution in [0.5, 0.6) is 0 Å². The predicted octanol–water partition coefficient (Wildman–Crippen LogP) is 1.15. The van der Waals surface area contributed by atoms with Gasteiger partial charge in [0.25, 0.3) is 5.91 Å². The van der Waals surface area contributed by atoms with Gasteiger partial charge >= 0.3 is 0 Å². The molecule has 1 atom stereocenters. The quantitative estimate of drug-likeness (QED) is 0.784. The second-order valence-corrected chi connectivity index (χ2v) is 6.96. The SMILES string of the molecule is NC(=O)C1CCN(C(=O)[C@H](Cc2ccccc2)NC(=O)c2cccnc2)CC1. The molecule has 3 N–H and O–H groups in total. The number of carbonyl (C=O) groups is 3. The molecule has 0 spiro atoms. The number of nitrogens with zero attached hydrogens (tertiary/aromatic N) is 2. The lowest BCUT2D eigenvalue weighted by molar-refractivity contribution is -0.136. The molecule has 0 radical (unpaired) electrons. The van der Waals surface area contributed by atoms with E-state index in [-0.39, 0.29) is 23.6 Å². The second-order valence-electron chi connectivity index (χ2n) is 6.96. The summed E-state index contributed by atoms with van der Waals surface area (Å²) in [4.78, 5) is 42.7. The van der Waals surface area contributed by atoms with Crippen LogP contribution in [0.15, 0.2) is 54.9 Å². The summed E-state index contributed by atoms with van der Waals surface area (Å²) in [6.45, 7) is 0.918. The van der Waals surface area contributed by atoms with Gasteiger partial charge in [-0.2, -0.15) is 0 Å². The van der Waals surface area contributed by atoms with Crippen LogP contribution in [-0.4, -0.2) is 46.7 Å². The van der Waals surface area contributed by atoms with E-state index in [1.54, 1.807) is 23.2 Å².